The summed E-state index contributed by atoms with van der Waals surface area (Å²) in [6.07, 6.45) is 2.01. The molecule has 0 radical (unpaired) electrons. The van der Waals surface area contributed by atoms with Crippen LogP contribution in [0.5, 0.6) is 0 Å². The smallest absolute Gasteiger partial charge is 0.330 e. The minimum Gasteiger partial charge on any atom is -0.460 e. The summed E-state index contributed by atoms with van der Waals surface area (Å²) in [5.74, 6) is -0.440. The number of hydrogen-bond donors (Lipinski definition) is 0. The number of rotatable bonds is 15. The van der Waals surface area contributed by atoms with Crippen molar-refractivity contribution in [1.82, 2.24) is 0 Å². The van der Waals surface area contributed by atoms with Crippen molar-refractivity contribution in [2.75, 3.05) is 46.2 Å². The van der Waals surface area contributed by atoms with Crippen LogP contribution in [-0.4, -0.2) is 52.2 Å². The summed E-state index contributed by atoms with van der Waals surface area (Å²) in [5, 5.41) is 4.24. The van der Waals surface area contributed by atoms with E-state index >= 15 is 0 Å². The summed E-state index contributed by atoms with van der Waals surface area (Å²) in [5.41, 5.74) is 1.34. The van der Waals surface area contributed by atoms with Crippen LogP contribution in [0.25, 0.3) is 19.5 Å². The molecule has 0 spiro atoms. The Morgan fingerprint density at radius 2 is 1.45 bits per heavy atom. The Morgan fingerprint density at radius 3 is 2.06 bits per heavy atom. The topological polar surface area (TPSA) is 54.0 Å². The van der Waals surface area contributed by atoms with Gasteiger partial charge >= 0.3 is 5.97 Å². The first-order valence-electron chi connectivity index (χ1n) is 10.0. The van der Waals surface area contributed by atoms with E-state index in [4.69, 9.17) is 18.9 Å². The Balaban J connectivity index is 1.31. The fraction of sp³-hybridized carbons (Fsp3) is 0.348. The molecule has 31 heavy (non-hydrogen) atoms. The molecule has 166 valence electrons. The van der Waals surface area contributed by atoms with Gasteiger partial charge in [-0.3, -0.25) is 0 Å². The SMILES string of the molecule is C=CC(=O)OCCOCCOCCOCCc1cc(-c2cccs2)sc1-c1cccs1. The average Bonchev–Trinajstić information content (AvgIpc) is 3.55. The van der Waals surface area contributed by atoms with Crippen molar-refractivity contribution in [2.45, 2.75) is 6.42 Å². The molecule has 3 aromatic rings. The third-order valence-electron chi connectivity index (χ3n) is 4.22. The van der Waals surface area contributed by atoms with E-state index in [0.717, 1.165) is 12.5 Å². The maximum Gasteiger partial charge on any atom is 0.330 e. The minimum absolute atomic E-state index is 0.220. The molecule has 3 heterocycles. The monoisotopic (exact) mass is 478 g/mol. The molecule has 0 aromatic carbocycles. The zero-order valence-corrected chi connectivity index (χ0v) is 19.7. The summed E-state index contributed by atoms with van der Waals surface area (Å²) >= 11 is 5.40. The summed E-state index contributed by atoms with van der Waals surface area (Å²) in [7, 11) is 0. The second-order valence-electron chi connectivity index (χ2n) is 6.38. The fourth-order valence-corrected chi connectivity index (χ4v) is 5.68. The van der Waals surface area contributed by atoms with Gasteiger partial charge in [-0.1, -0.05) is 18.7 Å². The molecule has 8 heteroatoms. The van der Waals surface area contributed by atoms with Crippen LogP contribution in [0.1, 0.15) is 5.56 Å². The van der Waals surface area contributed by atoms with Crippen molar-refractivity contribution in [1.29, 1.82) is 0 Å². The molecule has 0 atom stereocenters. The lowest BCUT2D eigenvalue weighted by Crippen LogP contribution is -2.13. The van der Waals surface area contributed by atoms with Crippen LogP contribution in [0, 0.1) is 0 Å². The molecule has 0 aliphatic carbocycles. The number of carbonyl (C=O) groups excluding carboxylic acids is 1. The molecule has 5 nitrogen and oxygen atoms in total. The van der Waals surface area contributed by atoms with E-state index in [9.17, 15) is 4.79 Å². The van der Waals surface area contributed by atoms with Gasteiger partial charge in [0.15, 0.2) is 0 Å². The molecule has 0 bridgehead atoms. The summed E-state index contributed by atoms with van der Waals surface area (Å²) in [6.45, 7) is 6.57. The van der Waals surface area contributed by atoms with E-state index < -0.39 is 5.97 Å². The third kappa shape index (κ3) is 7.99. The van der Waals surface area contributed by atoms with E-state index in [0.29, 0.717) is 39.6 Å². The van der Waals surface area contributed by atoms with Crippen LogP contribution in [0.2, 0.25) is 0 Å². The van der Waals surface area contributed by atoms with Gasteiger partial charge in [0.1, 0.15) is 6.61 Å². The number of thiophene rings is 3. The predicted molar refractivity (Wildman–Crippen MR) is 128 cm³/mol. The maximum atomic E-state index is 10.9. The maximum absolute atomic E-state index is 10.9. The summed E-state index contributed by atoms with van der Waals surface area (Å²) < 4.78 is 21.4. The number of hydrogen-bond acceptors (Lipinski definition) is 8. The molecule has 0 aliphatic heterocycles. The lowest BCUT2D eigenvalue weighted by atomic mass is 10.1. The number of carbonyl (C=O) groups is 1. The zero-order chi connectivity index (χ0) is 21.7. The number of esters is 1. The van der Waals surface area contributed by atoms with Gasteiger partial charge in [-0.2, -0.15) is 0 Å². The quantitative estimate of drug-likeness (QED) is 0.163. The van der Waals surface area contributed by atoms with Crippen molar-refractivity contribution in [3.05, 3.63) is 59.3 Å². The van der Waals surface area contributed by atoms with Crippen LogP contribution in [-0.2, 0) is 30.2 Å². The lowest BCUT2D eigenvalue weighted by molar-refractivity contribution is -0.139. The van der Waals surface area contributed by atoms with Gasteiger partial charge in [0.05, 0.1) is 39.6 Å². The van der Waals surface area contributed by atoms with Gasteiger partial charge < -0.3 is 18.9 Å². The normalized spacial score (nSPS) is 11.0. The van der Waals surface area contributed by atoms with Crippen molar-refractivity contribution in [3.63, 3.8) is 0 Å². The van der Waals surface area contributed by atoms with Crippen LogP contribution >= 0.6 is 34.0 Å². The third-order valence-corrected chi connectivity index (χ3v) is 7.51. The molecule has 0 amide bonds. The van der Waals surface area contributed by atoms with Gasteiger partial charge in [0.25, 0.3) is 0 Å². The minimum atomic E-state index is -0.440. The first-order valence-corrected chi connectivity index (χ1v) is 12.6. The van der Waals surface area contributed by atoms with Crippen molar-refractivity contribution >= 4 is 40.0 Å². The van der Waals surface area contributed by atoms with Gasteiger partial charge in [0.2, 0.25) is 0 Å². The van der Waals surface area contributed by atoms with Crippen LogP contribution in [0.4, 0.5) is 0 Å². The highest BCUT2D eigenvalue weighted by Crippen LogP contribution is 2.41. The number of ether oxygens (including phenoxy) is 4. The molecular weight excluding hydrogens is 452 g/mol. The Hall–Kier alpha value is -1.81. The standard InChI is InChI=1S/C23H26O5S3/c1-2-22(24)28-14-13-27-12-11-26-10-9-25-8-7-18-17-21(19-5-3-15-29-19)31-23(18)20-6-4-16-30-20/h2-6,15-17H,1,7-14H2. The fourth-order valence-electron chi connectivity index (χ4n) is 2.76. The summed E-state index contributed by atoms with van der Waals surface area (Å²) in [4.78, 5) is 16.1. The van der Waals surface area contributed by atoms with E-state index in [1.54, 1.807) is 22.7 Å². The second kappa shape index (κ2) is 13.6. The second-order valence-corrected chi connectivity index (χ2v) is 9.33. The van der Waals surface area contributed by atoms with E-state index in [-0.39, 0.29) is 6.61 Å². The van der Waals surface area contributed by atoms with Crippen LogP contribution in [0.15, 0.2) is 53.7 Å². The van der Waals surface area contributed by atoms with Crippen molar-refractivity contribution in [3.8, 4) is 19.5 Å². The first kappa shape index (κ1) is 23.8. The highest BCUT2D eigenvalue weighted by atomic mass is 32.1. The van der Waals surface area contributed by atoms with Gasteiger partial charge in [0, 0.05) is 25.6 Å². The Kier molecular flexibility index (Phi) is 10.4. The molecule has 0 fully saturated rings. The largest absolute Gasteiger partial charge is 0.460 e. The zero-order valence-electron chi connectivity index (χ0n) is 17.2. The predicted octanol–water partition coefficient (Wildman–Crippen LogP) is 5.53. The molecule has 0 aliphatic rings. The first-order chi connectivity index (χ1) is 15.3. The Bertz CT molecular complexity index is 900. The molecule has 0 unspecified atom stereocenters. The molecule has 0 saturated carbocycles. The van der Waals surface area contributed by atoms with Crippen LogP contribution in [0.3, 0.4) is 0 Å². The van der Waals surface area contributed by atoms with E-state index in [2.05, 4.69) is 47.7 Å². The van der Waals surface area contributed by atoms with Gasteiger partial charge in [-0.15, -0.1) is 34.0 Å². The van der Waals surface area contributed by atoms with E-state index in [1.807, 2.05) is 11.3 Å². The van der Waals surface area contributed by atoms with Gasteiger partial charge in [-0.25, -0.2) is 4.79 Å². The highest BCUT2D eigenvalue weighted by molar-refractivity contribution is 7.26. The van der Waals surface area contributed by atoms with Crippen molar-refractivity contribution in [2.24, 2.45) is 0 Å². The Morgan fingerprint density at radius 1 is 0.839 bits per heavy atom. The van der Waals surface area contributed by atoms with Gasteiger partial charge in [-0.05, 0) is 40.9 Å². The molecule has 3 aromatic heterocycles. The molecule has 3 rings (SSSR count). The Labute approximate surface area is 194 Å². The molecule has 0 N–H and O–H groups in total. The lowest BCUT2D eigenvalue weighted by Gasteiger charge is -2.07. The van der Waals surface area contributed by atoms with E-state index in [1.165, 1.54) is 25.1 Å². The average molecular weight is 479 g/mol. The van der Waals surface area contributed by atoms with Crippen LogP contribution < -0.4 is 0 Å². The highest BCUT2D eigenvalue weighted by Gasteiger charge is 2.13. The molecule has 0 saturated heterocycles. The van der Waals surface area contributed by atoms with Crippen molar-refractivity contribution < 1.29 is 23.7 Å². The summed E-state index contributed by atoms with van der Waals surface area (Å²) in [6, 6.07) is 10.8. The molecular formula is C23H26O5S3.